The van der Waals surface area contributed by atoms with Gasteiger partial charge in [-0.15, -0.1) is 0 Å². The van der Waals surface area contributed by atoms with Crippen molar-refractivity contribution in [1.29, 1.82) is 0 Å². The Morgan fingerprint density at radius 2 is 1.57 bits per heavy atom. The van der Waals surface area contributed by atoms with Gasteiger partial charge in [-0.05, 0) is 47.7 Å². The standard InChI is InChI=1S/C18H21NO2/c1-12-5-8-15(11-16(12)17(20)21)19-14-9-6-13(7-10-14)18(2,3)4/h5-11,19H,1-4H3,(H,20,21). The van der Waals surface area contributed by atoms with E-state index in [-0.39, 0.29) is 5.41 Å². The SMILES string of the molecule is Cc1ccc(Nc2ccc(C(C)(C)C)cc2)cc1C(=O)O. The Balaban J connectivity index is 2.22. The van der Waals surface area contributed by atoms with Crippen LogP contribution in [-0.2, 0) is 5.41 Å². The molecule has 0 bridgehead atoms. The van der Waals surface area contributed by atoms with E-state index in [1.807, 2.05) is 24.3 Å². The number of benzene rings is 2. The van der Waals surface area contributed by atoms with Gasteiger partial charge in [-0.2, -0.15) is 0 Å². The summed E-state index contributed by atoms with van der Waals surface area (Å²) in [5.41, 5.74) is 4.20. The van der Waals surface area contributed by atoms with Gasteiger partial charge in [0.25, 0.3) is 0 Å². The molecule has 2 rings (SSSR count). The molecule has 0 aliphatic heterocycles. The van der Waals surface area contributed by atoms with Crippen LogP contribution < -0.4 is 5.32 Å². The second kappa shape index (κ2) is 5.60. The molecule has 3 nitrogen and oxygen atoms in total. The highest BCUT2D eigenvalue weighted by molar-refractivity contribution is 5.90. The maximum absolute atomic E-state index is 11.2. The summed E-state index contributed by atoms with van der Waals surface area (Å²) in [6.07, 6.45) is 0. The second-order valence-electron chi connectivity index (χ2n) is 6.29. The molecular weight excluding hydrogens is 262 g/mol. The molecular formula is C18H21NO2. The smallest absolute Gasteiger partial charge is 0.336 e. The molecule has 0 aliphatic rings. The molecule has 0 aliphatic carbocycles. The van der Waals surface area contributed by atoms with Crippen molar-refractivity contribution in [3.05, 3.63) is 59.2 Å². The molecule has 2 N–H and O–H groups in total. The molecule has 0 aromatic heterocycles. The van der Waals surface area contributed by atoms with Crippen molar-refractivity contribution in [2.24, 2.45) is 0 Å². The van der Waals surface area contributed by atoms with Crippen LogP contribution in [0.3, 0.4) is 0 Å². The van der Waals surface area contributed by atoms with Crippen LogP contribution in [0.15, 0.2) is 42.5 Å². The highest BCUT2D eigenvalue weighted by Crippen LogP contribution is 2.25. The Labute approximate surface area is 125 Å². The van der Waals surface area contributed by atoms with Gasteiger partial charge in [0.2, 0.25) is 0 Å². The fourth-order valence-corrected chi connectivity index (χ4v) is 2.15. The Morgan fingerprint density at radius 1 is 1.00 bits per heavy atom. The molecule has 2 aromatic carbocycles. The largest absolute Gasteiger partial charge is 0.478 e. The molecule has 21 heavy (non-hydrogen) atoms. The second-order valence-corrected chi connectivity index (χ2v) is 6.29. The summed E-state index contributed by atoms with van der Waals surface area (Å²) in [5, 5.41) is 12.4. The number of rotatable bonds is 3. The predicted molar refractivity (Wildman–Crippen MR) is 86.6 cm³/mol. The lowest BCUT2D eigenvalue weighted by Gasteiger charge is -2.19. The van der Waals surface area contributed by atoms with Crippen molar-refractivity contribution in [2.75, 3.05) is 5.32 Å². The van der Waals surface area contributed by atoms with Crippen LogP contribution in [0.4, 0.5) is 11.4 Å². The number of carboxylic acid groups (broad SMARTS) is 1. The maximum atomic E-state index is 11.2. The van der Waals surface area contributed by atoms with Crippen LogP contribution in [0, 0.1) is 6.92 Å². The zero-order valence-electron chi connectivity index (χ0n) is 12.9. The van der Waals surface area contributed by atoms with Crippen molar-refractivity contribution in [3.8, 4) is 0 Å². The molecule has 0 saturated heterocycles. The molecule has 0 amide bonds. The van der Waals surface area contributed by atoms with E-state index in [4.69, 9.17) is 5.11 Å². The highest BCUT2D eigenvalue weighted by Gasteiger charge is 2.13. The molecule has 0 heterocycles. The number of hydrogen-bond acceptors (Lipinski definition) is 2. The molecule has 0 saturated carbocycles. The van der Waals surface area contributed by atoms with E-state index in [1.54, 1.807) is 13.0 Å². The van der Waals surface area contributed by atoms with Crippen LogP contribution in [0.2, 0.25) is 0 Å². The monoisotopic (exact) mass is 283 g/mol. The Morgan fingerprint density at radius 3 is 2.10 bits per heavy atom. The summed E-state index contributed by atoms with van der Waals surface area (Å²) in [4.78, 5) is 11.2. The van der Waals surface area contributed by atoms with Gasteiger partial charge in [0.1, 0.15) is 0 Å². The van der Waals surface area contributed by atoms with E-state index in [2.05, 4.69) is 38.2 Å². The summed E-state index contributed by atoms with van der Waals surface area (Å²) >= 11 is 0. The van der Waals surface area contributed by atoms with E-state index < -0.39 is 5.97 Å². The average molecular weight is 283 g/mol. The first-order valence-corrected chi connectivity index (χ1v) is 6.99. The van der Waals surface area contributed by atoms with Crippen LogP contribution >= 0.6 is 0 Å². The van der Waals surface area contributed by atoms with Gasteiger partial charge >= 0.3 is 5.97 Å². The van der Waals surface area contributed by atoms with Gasteiger partial charge in [-0.1, -0.05) is 39.0 Å². The summed E-state index contributed by atoms with van der Waals surface area (Å²) in [6.45, 7) is 8.32. The zero-order chi connectivity index (χ0) is 15.6. The van der Waals surface area contributed by atoms with Gasteiger partial charge in [-0.3, -0.25) is 0 Å². The van der Waals surface area contributed by atoms with Crippen molar-refractivity contribution in [3.63, 3.8) is 0 Å². The van der Waals surface area contributed by atoms with E-state index in [0.29, 0.717) is 5.56 Å². The van der Waals surface area contributed by atoms with E-state index in [0.717, 1.165) is 16.9 Å². The molecule has 0 spiro atoms. The average Bonchev–Trinajstić information content (AvgIpc) is 2.40. The summed E-state index contributed by atoms with van der Waals surface area (Å²) in [7, 11) is 0. The highest BCUT2D eigenvalue weighted by atomic mass is 16.4. The molecule has 0 fully saturated rings. The van der Waals surface area contributed by atoms with Crippen molar-refractivity contribution in [2.45, 2.75) is 33.1 Å². The number of anilines is 2. The zero-order valence-corrected chi connectivity index (χ0v) is 12.9. The fourth-order valence-electron chi connectivity index (χ4n) is 2.15. The third-order valence-corrected chi connectivity index (χ3v) is 3.51. The molecule has 0 radical (unpaired) electrons. The van der Waals surface area contributed by atoms with Crippen molar-refractivity contribution in [1.82, 2.24) is 0 Å². The number of nitrogens with one attached hydrogen (secondary N) is 1. The number of carboxylic acids is 1. The minimum absolute atomic E-state index is 0.124. The van der Waals surface area contributed by atoms with Gasteiger partial charge in [0.05, 0.1) is 5.56 Å². The Bertz CT molecular complexity index is 652. The summed E-state index contributed by atoms with van der Waals surface area (Å²) < 4.78 is 0. The number of aryl methyl sites for hydroxylation is 1. The Hall–Kier alpha value is -2.29. The molecule has 2 aromatic rings. The topological polar surface area (TPSA) is 49.3 Å². The lowest BCUT2D eigenvalue weighted by molar-refractivity contribution is 0.0696. The van der Waals surface area contributed by atoms with Crippen LogP contribution in [0.25, 0.3) is 0 Å². The predicted octanol–water partition coefficient (Wildman–Crippen LogP) is 4.73. The van der Waals surface area contributed by atoms with Gasteiger partial charge in [0, 0.05) is 11.4 Å². The third kappa shape index (κ3) is 3.63. The first kappa shape index (κ1) is 15.1. The molecule has 3 heteroatoms. The molecule has 0 atom stereocenters. The fraction of sp³-hybridized carbons (Fsp3) is 0.278. The summed E-state index contributed by atoms with van der Waals surface area (Å²) in [6, 6.07) is 13.6. The van der Waals surface area contributed by atoms with Crippen LogP contribution in [-0.4, -0.2) is 11.1 Å². The molecule has 0 unspecified atom stereocenters. The Kier molecular flexibility index (Phi) is 4.03. The first-order chi connectivity index (χ1) is 9.77. The third-order valence-electron chi connectivity index (χ3n) is 3.51. The van der Waals surface area contributed by atoms with Crippen LogP contribution in [0.1, 0.15) is 42.3 Å². The van der Waals surface area contributed by atoms with E-state index >= 15 is 0 Å². The van der Waals surface area contributed by atoms with E-state index in [9.17, 15) is 4.79 Å². The lowest BCUT2D eigenvalue weighted by Crippen LogP contribution is -2.10. The first-order valence-electron chi connectivity index (χ1n) is 6.99. The number of hydrogen-bond donors (Lipinski definition) is 2. The summed E-state index contributed by atoms with van der Waals surface area (Å²) in [5.74, 6) is -0.903. The number of aromatic carboxylic acids is 1. The minimum Gasteiger partial charge on any atom is -0.478 e. The van der Waals surface area contributed by atoms with Gasteiger partial charge in [-0.25, -0.2) is 4.79 Å². The van der Waals surface area contributed by atoms with Gasteiger partial charge in [0.15, 0.2) is 0 Å². The minimum atomic E-state index is -0.903. The van der Waals surface area contributed by atoms with Gasteiger partial charge < -0.3 is 10.4 Å². The normalized spacial score (nSPS) is 11.2. The maximum Gasteiger partial charge on any atom is 0.336 e. The quantitative estimate of drug-likeness (QED) is 0.855. The lowest BCUT2D eigenvalue weighted by atomic mass is 9.87. The van der Waals surface area contributed by atoms with Crippen LogP contribution in [0.5, 0.6) is 0 Å². The van der Waals surface area contributed by atoms with Crippen molar-refractivity contribution < 1.29 is 9.90 Å². The van der Waals surface area contributed by atoms with E-state index in [1.165, 1.54) is 5.56 Å². The number of carbonyl (C=O) groups is 1. The molecule has 110 valence electrons. The van der Waals surface area contributed by atoms with Crippen molar-refractivity contribution >= 4 is 17.3 Å².